The maximum Gasteiger partial charge on any atom is 0.339 e. The minimum Gasteiger partial charge on any atom is -0.504 e. The molecule has 5 heteroatoms. The fourth-order valence-corrected chi connectivity index (χ4v) is 1.76. The molecule has 0 aliphatic carbocycles. The summed E-state index contributed by atoms with van der Waals surface area (Å²) in [7, 11) is 3.73. The third-order valence-corrected chi connectivity index (χ3v) is 2.49. The molecule has 0 fully saturated rings. The van der Waals surface area contributed by atoms with E-state index in [0.717, 1.165) is 0 Å². The molecule has 0 saturated heterocycles. The summed E-state index contributed by atoms with van der Waals surface area (Å²) in [5.41, 5.74) is 0.941. The summed E-state index contributed by atoms with van der Waals surface area (Å²) in [5.74, 6) is -1.00. The van der Waals surface area contributed by atoms with Crippen LogP contribution in [0.15, 0.2) is 12.1 Å². The Morgan fingerprint density at radius 2 is 1.94 bits per heavy atom. The smallest absolute Gasteiger partial charge is 0.339 e. The summed E-state index contributed by atoms with van der Waals surface area (Å²) in [5, 5.41) is 18.7. The Labute approximate surface area is 92.9 Å². The van der Waals surface area contributed by atoms with Crippen LogP contribution in [0.25, 0.3) is 0 Å². The molecule has 1 aliphatic rings. The van der Waals surface area contributed by atoms with Gasteiger partial charge in [0.05, 0.1) is 5.56 Å². The normalized spacial score (nSPS) is 18.7. The van der Waals surface area contributed by atoms with Gasteiger partial charge in [-0.3, -0.25) is 0 Å². The van der Waals surface area contributed by atoms with E-state index >= 15 is 0 Å². The number of nitrogens with zero attached hydrogens (tertiary/aromatic N) is 1. The van der Waals surface area contributed by atoms with Crippen molar-refractivity contribution in [3.63, 3.8) is 0 Å². The number of phenolic OH excluding ortho intramolecular Hbond substituents is 2. The van der Waals surface area contributed by atoms with Crippen molar-refractivity contribution in [3.05, 3.63) is 23.3 Å². The van der Waals surface area contributed by atoms with Crippen molar-refractivity contribution in [2.24, 2.45) is 0 Å². The van der Waals surface area contributed by atoms with E-state index in [1.807, 2.05) is 19.0 Å². The summed E-state index contributed by atoms with van der Waals surface area (Å²) < 4.78 is 5.15. The van der Waals surface area contributed by atoms with E-state index in [4.69, 9.17) is 4.74 Å². The highest BCUT2D eigenvalue weighted by Gasteiger charge is 2.32. The van der Waals surface area contributed by atoms with Crippen LogP contribution in [0, 0.1) is 0 Å². The molecule has 16 heavy (non-hydrogen) atoms. The van der Waals surface area contributed by atoms with Gasteiger partial charge in [0, 0.05) is 12.1 Å². The Hall–Kier alpha value is -1.75. The maximum atomic E-state index is 11.5. The van der Waals surface area contributed by atoms with Gasteiger partial charge in [0.15, 0.2) is 11.5 Å². The highest BCUT2D eigenvalue weighted by Crippen LogP contribution is 2.37. The van der Waals surface area contributed by atoms with Crippen LogP contribution in [-0.4, -0.2) is 41.7 Å². The van der Waals surface area contributed by atoms with Gasteiger partial charge in [-0.1, -0.05) is 0 Å². The first-order valence-corrected chi connectivity index (χ1v) is 4.90. The average molecular weight is 223 g/mol. The topological polar surface area (TPSA) is 70.0 Å². The number of phenols is 2. The Balaban J connectivity index is 2.41. The monoisotopic (exact) mass is 223 g/mol. The van der Waals surface area contributed by atoms with Crippen LogP contribution in [-0.2, 0) is 4.74 Å². The molecule has 1 aromatic carbocycles. The Bertz CT molecular complexity index is 442. The fraction of sp³-hybridized carbons (Fsp3) is 0.364. The largest absolute Gasteiger partial charge is 0.504 e. The molecule has 0 aromatic heterocycles. The second-order valence-electron chi connectivity index (χ2n) is 4.08. The molecule has 5 nitrogen and oxygen atoms in total. The zero-order valence-corrected chi connectivity index (χ0v) is 9.10. The van der Waals surface area contributed by atoms with Gasteiger partial charge >= 0.3 is 5.97 Å². The molecule has 0 saturated carbocycles. The van der Waals surface area contributed by atoms with E-state index in [2.05, 4.69) is 0 Å². The molecule has 1 aromatic rings. The first kappa shape index (κ1) is 10.8. The molecule has 86 valence electrons. The molecule has 0 spiro atoms. The Morgan fingerprint density at radius 1 is 1.31 bits per heavy atom. The lowest BCUT2D eigenvalue weighted by Gasteiger charge is -2.16. The lowest BCUT2D eigenvalue weighted by atomic mass is 10.0. The number of carbonyl (C=O) groups is 1. The third-order valence-electron chi connectivity index (χ3n) is 2.49. The highest BCUT2D eigenvalue weighted by molar-refractivity contribution is 5.95. The number of aromatic hydroxyl groups is 2. The van der Waals surface area contributed by atoms with Crippen LogP contribution in [0.3, 0.4) is 0 Å². The van der Waals surface area contributed by atoms with Crippen molar-refractivity contribution in [2.45, 2.75) is 6.10 Å². The van der Waals surface area contributed by atoms with E-state index in [9.17, 15) is 15.0 Å². The number of benzene rings is 1. The predicted octanol–water partition coefficient (Wildman–Crippen LogP) is 0.871. The van der Waals surface area contributed by atoms with Crippen molar-refractivity contribution < 1.29 is 19.7 Å². The SMILES string of the molecule is CN(C)C[C@@H]1OC(=O)c2cc(O)c(O)cc21. The van der Waals surface area contributed by atoms with Gasteiger partial charge in [-0.2, -0.15) is 0 Å². The molecule has 0 bridgehead atoms. The number of carbonyl (C=O) groups excluding carboxylic acids is 1. The first-order valence-electron chi connectivity index (χ1n) is 4.90. The highest BCUT2D eigenvalue weighted by atomic mass is 16.5. The predicted molar refractivity (Wildman–Crippen MR) is 56.5 cm³/mol. The summed E-state index contributed by atoms with van der Waals surface area (Å²) in [4.78, 5) is 13.4. The van der Waals surface area contributed by atoms with Gasteiger partial charge in [0.1, 0.15) is 6.10 Å². The van der Waals surface area contributed by atoms with Gasteiger partial charge in [-0.15, -0.1) is 0 Å². The number of hydrogen-bond donors (Lipinski definition) is 2. The number of fused-ring (bicyclic) bond motifs is 1. The van der Waals surface area contributed by atoms with Gasteiger partial charge in [0.25, 0.3) is 0 Å². The number of rotatable bonds is 2. The zero-order chi connectivity index (χ0) is 11.9. The molecular weight excluding hydrogens is 210 g/mol. The van der Waals surface area contributed by atoms with Crippen LogP contribution >= 0.6 is 0 Å². The number of likely N-dealkylation sites (N-methyl/N-ethyl adjacent to an activating group) is 1. The molecular formula is C11H13NO4. The van der Waals surface area contributed by atoms with Gasteiger partial charge in [-0.25, -0.2) is 4.79 Å². The molecule has 2 rings (SSSR count). The molecule has 0 radical (unpaired) electrons. The van der Waals surface area contributed by atoms with Crippen LogP contribution < -0.4 is 0 Å². The maximum absolute atomic E-state index is 11.5. The summed E-state index contributed by atoms with van der Waals surface area (Å²) in [6.07, 6.45) is -0.385. The lowest BCUT2D eigenvalue weighted by Crippen LogP contribution is -2.20. The van der Waals surface area contributed by atoms with E-state index in [0.29, 0.717) is 17.7 Å². The zero-order valence-electron chi connectivity index (χ0n) is 9.10. The minimum absolute atomic E-state index is 0.235. The molecule has 0 amide bonds. The minimum atomic E-state index is -0.461. The van der Waals surface area contributed by atoms with Crippen molar-refractivity contribution in [1.82, 2.24) is 4.90 Å². The number of esters is 1. The van der Waals surface area contributed by atoms with Crippen molar-refractivity contribution in [2.75, 3.05) is 20.6 Å². The average Bonchev–Trinajstić information content (AvgIpc) is 2.44. The van der Waals surface area contributed by atoms with E-state index < -0.39 is 5.97 Å². The molecule has 2 N–H and O–H groups in total. The Morgan fingerprint density at radius 3 is 2.56 bits per heavy atom. The molecule has 0 unspecified atom stereocenters. The van der Waals surface area contributed by atoms with E-state index in [1.54, 1.807) is 0 Å². The molecule has 1 heterocycles. The van der Waals surface area contributed by atoms with Gasteiger partial charge < -0.3 is 19.8 Å². The molecule has 1 atom stereocenters. The van der Waals surface area contributed by atoms with Crippen LogP contribution in [0.2, 0.25) is 0 Å². The van der Waals surface area contributed by atoms with Crippen molar-refractivity contribution >= 4 is 5.97 Å². The molecule has 1 aliphatic heterocycles. The van der Waals surface area contributed by atoms with Crippen LogP contribution in [0.1, 0.15) is 22.0 Å². The second kappa shape index (κ2) is 3.68. The van der Waals surface area contributed by atoms with Gasteiger partial charge in [0.2, 0.25) is 0 Å². The second-order valence-corrected chi connectivity index (χ2v) is 4.08. The van der Waals surface area contributed by atoms with Gasteiger partial charge in [-0.05, 0) is 26.2 Å². The van der Waals surface area contributed by atoms with Crippen LogP contribution in [0.4, 0.5) is 0 Å². The standard InChI is InChI=1S/C11H13NO4/c1-12(2)5-10-6-3-8(13)9(14)4-7(6)11(15)16-10/h3-4,10,13-14H,5H2,1-2H3/t10-/m0/s1. The number of cyclic esters (lactones) is 1. The van der Waals surface area contributed by atoms with Crippen molar-refractivity contribution in [1.29, 1.82) is 0 Å². The van der Waals surface area contributed by atoms with E-state index in [1.165, 1.54) is 12.1 Å². The fourth-order valence-electron chi connectivity index (χ4n) is 1.76. The lowest BCUT2D eigenvalue weighted by molar-refractivity contribution is 0.0331. The van der Waals surface area contributed by atoms with Crippen LogP contribution in [0.5, 0.6) is 11.5 Å². The van der Waals surface area contributed by atoms with Crippen molar-refractivity contribution in [3.8, 4) is 11.5 Å². The number of ether oxygens (including phenoxy) is 1. The number of hydrogen-bond acceptors (Lipinski definition) is 5. The summed E-state index contributed by atoms with van der Waals surface area (Å²) >= 11 is 0. The van der Waals surface area contributed by atoms with E-state index in [-0.39, 0.29) is 17.6 Å². The first-order chi connectivity index (χ1) is 7.49. The summed E-state index contributed by atoms with van der Waals surface area (Å²) in [6.45, 7) is 0.545. The third kappa shape index (κ3) is 1.69. The quantitative estimate of drug-likeness (QED) is 0.575. The summed E-state index contributed by atoms with van der Waals surface area (Å²) in [6, 6.07) is 2.62. The Kier molecular flexibility index (Phi) is 2.47.